The number of methoxy groups -OCH3 is 1. The Morgan fingerprint density at radius 1 is 0.706 bits per heavy atom. The van der Waals surface area contributed by atoms with Crippen LogP contribution < -0.4 is 0 Å². The summed E-state index contributed by atoms with van der Waals surface area (Å²) in [7, 11) is 1.53. The molecule has 1 fully saturated rings. The molecule has 1 saturated heterocycles. The second-order valence-electron chi connectivity index (χ2n) is 8.11. The highest BCUT2D eigenvalue weighted by Crippen LogP contribution is 2.30. The van der Waals surface area contributed by atoms with Crippen molar-refractivity contribution in [2.75, 3.05) is 13.7 Å². The maximum Gasteiger partial charge on any atom is 0.186 e. The Labute approximate surface area is 202 Å². The Hall–Kier alpha value is -2.58. The van der Waals surface area contributed by atoms with Crippen LogP contribution in [0.4, 0.5) is 0 Å². The molecule has 1 aliphatic heterocycles. The third-order valence-corrected chi connectivity index (χ3v) is 5.73. The molecule has 0 amide bonds. The minimum Gasteiger partial charge on any atom is -0.394 e. The van der Waals surface area contributed by atoms with Crippen LogP contribution in [-0.4, -0.2) is 49.5 Å². The summed E-state index contributed by atoms with van der Waals surface area (Å²) in [6.07, 6.45) is -3.61. The molecule has 0 aliphatic carbocycles. The van der Waals surface area contributed by atoms with Crippen LogP contribution in [0.2, 0.25) is 0 Å². The highest BCUT2D eigenvalue weighted by molar-refractivity contribution is 5.15. The van der Waals surface area contributed by atoms with E-state index in [4.69, 9.17) is 25.1 Å². The van der Waals surface area contributed by atoms with Gasteiger partial charge in [0.25, 0.3) is 0 Å². The highest BCUT2D eigenvalue weighted by Gasteiger charge is 2.48. The summed E-state index contributed by atoms with van der Waals surface area (Å²) in [4.78, 5) is 0. The summed E-state index contributed by atoms with van der Waals surface area (Å²) in [5, 5.41) is 10.1. The van der Waals surface area contributed by atoms with Gasteiger partial charge < -0.3 is 28.8 Å². The lowest BCUT2D eigenvalue weighted by Gasteiger charge is -2.45. The van der Waals surface area contributed by atoms with Gasteiger partial charge in [-0.3, -0.25) is 0 Å². The van der Waals surface area contributed by atoms with E-state index in [9.17, 15) is 5.11 Å². The number of rotatable bonds is 11. The monoisotopic (exact) mass is 465 g/mol. The average molecular weight is 466 g/mol. The zero-order chi connectivity index (χ0) is 24.5. The molecule has 180 valence electrons. The van der Waals surface area contributed by atoms with E-state index < -0.39 is 37.3 Å². The Bertz CT molecular complexity index is 990. The van der Waals surface area contributed by atoms with E-state index in [1.54, 1.807) is 0 Å². The van der Waals surface area contributed by atoms with Gasteiger partial charge in [-0.1, -0.05) is 91.0 Å². The molecule has 0 saturated carbocycles. The van der Waals surface area contributed by atoms with Gasteiger partial charge in [-0.2, -0.15) is 0 Å². The van der Waals surface area contributed by atoms with Gasteiger partial charge in [-0.05, 0) is 16.7 Å². The number of aliphatic hydroxyl groups is 1. The normalized spacial score (nSPS) is 26.1. The van der Waals surface area contributed by atoms with E-state index in [0.29, 0.717) is 18.8 Å². The average Bonchev–Trinajstić information content (AvgIpc) is 2.92. The van der Waals surface area contributed by atoms with Crippen LogP contribution in [0.1, 0.15) is 18.1 Å². The molecule has 34 heavy (non-hydrogen) atoms. The molecule has 4 rings (SSSR count). The van der Waals surface area contributed by atoms with Gasteiger partial charge in [-0.15, -0.1) is 0 Å². The zero-order valence-electron chi connectivity index (χ0n) is 20.2. The van der Waals surface area contributed by atoms with Gasteiger partial charge in [0.15, 0.2) is 6.29 Å². The lowest BCUT2D eigenvalue weighted by molar-refractivity contribution is -0.321. The van der Waals surface area contributed by atoms with Crippen LogP contribution in [0.3, 0.4) is 0 Å². The van der Waals surface area contributed by atoms with Crippen molar-refractivity contribution >= 4 is 0 Å². The number of aliphatic hydroxyl groups excluding tert-OH is 1. The third-order valence-electron chi connectivity index (χ3n) is 5.73. The fourth-order valence-electron chi connectivity index (χ4n) is 3.97. The smallest absolute Gasteiger partial charge is 0.186 e. The third kappa shape index (κ3) is 6.51. The standard InChI is InChI=1S/C28H32O6/c1-30-28-27(33-20-23-15-9-4-10-16-23)26(32-19-22-13-7-3-8-14-22)25(24(17-29)34-28)31-18-21-11-5-2-6-12-21/h2-16,24-29H,17-20H2,1H3/t24-,25-,26+,27-,28+/m1/s1/i18D/t18?,24-,25-,26+,27-,28+. The van der Waals surface area contributed by atoms with Crippen molar-refractivity contribution in [2.24, 2.45) is 0 Å². The van der Waals surface area contributed by atoms with Gasteiger partial charge in [0.2, 0.25) is 0 Å². The summed E-state index contributed by atoms with van der Waals surface area (Å²) in [6, 6.07) is 28.9. The first-order chi connectivity index (χ1) is 17.2. The highest BCUT2D eigenvalue weighted by atomic mass is 16.7. The topological polar surface area (TPSA) is 66.4 Å². The molecular weight excluding hydrogens is 432 g/mol. The summed E-state index contributed by atoms with van der Waals surface area (Å²) in [5.74, 6) is 0. The lowest BCUT2D eigenvalue weighted by atomic mass is 9.98. The van der Waals surface area contributed by atoms with Crippen molar-refractivity contribution in [1.29, 1.82) is 0 Å². The van der Waals surface area contributed by atoms with Gasteiger partial charge in [0, 0.05) is 7.11 Å². The van der Waals surface area contributed by atoms with Gasteiger partial charge >= 0.3 is 0 Å². The summed E-state index contributed by atoms with van der Waals surface area (Å²) >= 11 is 0. The fraction of sp³-hybridized carbons (Fsp3) is 0.357. The predicted molar refractivity (Wildman–Crippen MR) is 128 cm³/mol. The largest absolute Gasteiger partial charge is 0.394 e. The molecule has 6 atom stereocenters. The molecule has 6 nitrogen and oxygen atoms in total. The summed E-state index contributed by atoms with van der Waals surface area (Å²) in [6.45, 7) is -0.683. The van der Waals surface area contributed by atoms with Crippen LogP contribution in [0.15, 0.2) is 91.0 Å². The number of benzene rings is 3. The van der Waals surface area contributed by atoms with E-state index >= 15 is 0 Å². The molecular formula is C28H32O6. The molecule has 3 aromatic carbocycles. The van der Waals surface area contributed by atoms with E-state index in [-0.39, 0.29) is 6.61 Å². The molecule has 0 bridgehead atoms. The molecule has 0 aromatic heterocycles. The maximum atomic E-state index is 10.1. The van der Waals surface area contributed by atoms with E-state index in [1.165, 1.54) is 7.11 Å². The van der Waals surface area contributed by atoms with Crippen LogP contribution in [0.25, 0.3) is 0 Å². The Morgan fingerprint density at radius 3 is 1.71 bits per heavy atom. The van der Waals surface area contributed by atoms with Crippen molar-refractivity contribution in [2.45, 2.75) is 50.5 Å². The summed E-state index contributed by atoms with van der Waals surface area (Å²) in [5.41, 5.74) is 2.68. The molecule has 0 radical (unpaired) electrons. The quantitative estimate of drug-likeness (QED) is 0.460. The molecule has 1 heterocycles. The number of hydrogen-bond donors (Lipinski definition) is 1. The summed E-state index contributed by atoms with van der Waals surface area (Å²) < 4.78 is 39.1. The second-order valence-corrected chi connectivity index (χ2v) is 8.11. The van der Waals surface area contributed by atoms with Crippen molar-refractivity contribution in [3.63, 3.8) is 0 Å². The zero-order valence-corrected chi connectivity index (χ0v) is 19.2. The van der Waals surface area contributed by atoms with Gasteiger partial charge in [0.1, 0.15) is 24.4 Å². The van der Waals surface area contributed by atoms with Gasteiger partial charge in [0.05, 0.1) is 27.8 Å². The van der Waals surface area contributed by atoms with Crippen LogP contribution >= 0.6 is 0 Å². The SMILES string of the molecule is [2H]C(O[C@H]1[C@H](OCc2ccccc2)[C@@H](OCc2ccccc2)[C@@H](OC)O[C@@H]1CO)c1ccccc1. The van der Waals surface area contributed by atoms with Crippen LogP contribution in [-0.2, 0) is 43.5 Å². The number of hydrogen-bond acceptors (Lipinski definition) is 6. The van der Waals surface area contributed by atoms with Crippen molar-refractivity contribution in [1.82, 2.24) is 0 Å². The minimum atomic E-state index is -0.990. The minimum absolute atomic E-state index is 0.305. The Morgan fingerprint density at radius 2 is 1.21 bits per heavy atom. The predicted octanol–water partition coefficient (Wildman–Crippen LogP) is 4.11. The molecule has 1 unspecified atom stereocenters. The Kier molecular flexibility index (Phi) is 8.70. The first kappa shape index (κ1) is 23.2. The van der Waals surface area contributed by atoms with E-state index in [2.05, 4.69) is 0 Å². The van der Waals surface area contributed by atoms with Crippen molar-refractivity contribution < 1.29 is 30.2 Å². The molecule has 0 spiro atoms. The van der Waals surface area contributed by atoms with Crippen molar-refractivity contribution in [3.8, 4) is 0 Å². The van der Waals surface area contributed by atoms with Gasteiger partial charge in [-0.25, -0.2) is 0 Å². The van der Waals surface area contributed by atoms with Crippen molar-refractivity contribution in [3.05, 3.63) is 108 Å². The van der Waals surface area contributed by atoms with Crippen LogP contribution in [0.5, 0.6) is 0 Å². The number of ether oxygens (including phenoxy) is 5. The molecule has 1 N–H and O–H groups in total. The van der Waals surface area contributed by atoms with Crippen LogP contribution in [0, 0.1) is 0 Å². The lowest BCUT2D eigenvalue weighted by Crippen LogP contribution is -2.61. The van der Waals surface area contributed by atoms with E-state index in [0.717, 1.165) is 11.1 Å². The first-order valence-electron chi connectivity index (χ1n) is 12.0. The molecule has 3 aromatic rings. The first-order valence-corrected chi connectivity index (χ1v) is 11.4. The Balaban J connectivity index is 1.59. The second kappa shape index (κ2) is 12.8. The molecule has 1 aliphatic rings. The maximum absolute atomic E-state index is 10.1. The molecule has 6 heteroatoms. The fourth-order valence-corrected chi connectivity index (χ4v) is 3.97. The van der Waals surface area contributed by atoms with E-state index in [1.807, 2.05) is 91.0 Å².